The Hall–Kier alpha value is -1.68. The van der Waals surface area contributed by atoms with Gasteiger partial charge in [-0.25, -0.2) is 0 Å². The maximum absolute atomic E-state index is 9.74. The average Bonchev–Trinajstić information content (AvgIpc) is 2.63. The molecule has 1 aliphatic heterocycles. The lowest BCUT2D eigenvalue weighted by Crippen LogP contribution is -2.41. The van der Waals surface area contributed by atoms with Gasteiger partial charge >= 0.3 is 0 Å². The summed E-state index contributed by atoms with van der Waals surface area (Å²) in [5.74, 6) is 0. The number of aliphatic hydroxyl groups excluding tert-OH is 1. The second-order valence-electron chi connectivity index (χ2n) is 6.44. The highest BCUT2D eigenvalue weighted by atomic mass is 16.5. The Morgan fingerprint density at radius 1 is 0.957 bits per heavy atom. The third-order valence-corrected chi connectivity index (χ3v) is 4.75. The lowest BCUT2D eigenvalue weighted by molar-refractivity contribution is -0.0154. The molecule has 2 N–H and O–H groups in total. The van der Waals surface area contributed by atoms with Gasteiger partial charge in [0.25, 0.3) is 0 Å². The number of benzene rings is 2. The molecule has 23 heavy (non-hydrogen) atoms. The Bertz CT molecular complexity index is 606. The SMILES string of the molecule is OCC1(CNCc2cccc(-c3ccccc3)c2)CCOCC1. The molecule has 0 unspecified atom stereocenters. The molecule has 0 aromatic heterocycles. The lowest BCUT2D eigenvalue weighted by atomic mass is 9.81. The van der Waals surface area contributed by atoms with Crippen LogP contribution in [0.1, 0.15) is 18.4 Å². The number of hydrogen-bond acceptors (Lipinski definition) is 3. The van der Waals surface area contributed by atoms with Crippen molar-refractivity contribution in [3.8, 4) is 11.1 Å². The Kier molecular flexibility index (Phi) is 5.44. The van der Waals surface area contributed by atoms with E-state index in [1.165, 1.54) is 16.7 Å². The van der Waals surface area contributed by atoms with Crippen molar-refractivity contribution < 1.29 is 9.84 Å². The lowest BCUT2D eigenvalue weighted by Gasteiger charge is -2.35. The van der Waals surface area contributed by atoms with Gasteiger partial charge in [-0.3, -0.25) is 0 Å². The van der Waals surface area contributed by atoms with Crippen molar-refractivity contribution in [3.05, 3.63) is 60.2 Å². The van der Waals surface area contributed by atoms with Crippen LogP contribution in [0.4, 0.5) is 0 Å². The van der Waals surface area contributed by atoms with Crippen molar-refractivity contribution in [1.82, 2.24) is 5.32 Å². The summed E-state index contributed by atoms with van der Waals surface area (Å²) >= 11 is 0. The smallest absolute Gasteiger partial charge is 0.0501 e. The van der Waals surface area contributed by atoms with E-state index in [0.717, 1.165) is 39.1 Å². The fourth-order valence-electron chi connectivity index (χ4n) is 3.16. The van der Waals surface area contributed by atoms with Crippen molar-refractivity contribution in [2.24, 2.45) is 5.41 Å². The van der Waals surface area contributed by atoms with E-state index in [0.29, 0.717) is 0 Å². The molecular formula is C20H25NO2. The number of aliphatic hydroxyl groups is 1. The summed E-state index contributed by atoms with van der Waals surface area (Å²) in [5.41, 5.74) is 3.74. The highest BCUT2D eigenvalue weighted by Gasteiger charge is 2.31. The molecular weight excluding hydrogens is 286 g/mol. The number of ether oxygens (including phenoxy) is 1. The summed E-state index contributed by atoms with van der Waals surface area (Å²) in [6, 6.07) is 19.1. The Morgan fingerprint density at radius 3 is 2.43 bits per heavy atom. The maximum atomic E-state index is 9.74. The van der Waals surface area contributed by atoms with Gasteiger partial charge in [0.05, 0.1) is 6.61 Å². The molecule has 1 aliphatic rings. The molecule has 3 rings (SSSR count). The fraction of sp³-hybridized carbons (Fsp3) is 0.400. The molecule has 3 heteroatoms. The van der Waals surface area contributed by atoms with Crippen LogP contribution in [0.25, 0.3) is 11.1 Å². The molecule has 0 amide bonds. The van der Waals surface area contributed by atoms with Crippen molar-refractivity contribution in [1.29, 1.82) is 0 Å². The summed E-state index contributed by atoms with van der Waals surface area (Å²) in [6.45, 7) is 3.40. The van der Waals surface area contributed by atoms with E-state index in [-0.39, 0.29) is 12.0 Å². The standard InChI is InChI=1S/C20H25NO2/c22-16-20(9-11-23-12-10-20)15-21-14-17-5-4-8-19(13-17)18-6-2-1-3-7-18/h1-8,13,21-22H,9-12,14-16H2. The number of nitrogens with one attached hydrogen (secondary N) is 1. The van der Waals surface area contributed by atoms with E-state index in [1.54, 1.807) is 0 Å². The minimum Gasteiger partial charge on any atom is -0.396 e. The van der Waals surface area contributed by atoms with Gasteiger partial charge in [0.15, 0.2) is 0 Å². The third kappa shape index (κ3) is 4.20. The molecule has 1 heterocycles. The summed E-state index contributed by atoms with van der Waals surface area (Å²) in [5, 5.41) is 13.3. The second-order valence-corrected chi connectivity index (χ2v) is 6.44. The minimum atomic E-state index is -0.0186. The number of rotatable bonds is 6. The minimum absolute atomic E-state index is 0.0186. The number of hydrogen-bond donors (Lipinski definition) is 2. The first kappa shape index (κ1) is 16.2. The molecule has 3 nitrogen and oxygen atoms in total. The van der Waals surface area contributed by atoms with Gasteiger partial charge in [-0.1, -0.05) is 48.5 Å². The second kappa shape index (κ2) is 7.73. The van der Waals surface area contributed by atoms with Crippen molar-refractivity contribution >= 4 is 0 Å². The monoisotopic (exact) mass is 311 g/mol. The van der Waals surface area contributed by atoms with Crippen molar-refractivity contribution in [2.45, 2.75) is 19.4 Å². The summed E-state index contributed by atoms with van der Waals surface area (Å²) in [4.78, 5) is 0. The van der Waals surface area contributed by atoms with Crippen molar-refractivity contribution in [2.75, 3.05) is 26.4 Å². The first-order valence-corrected chi connectivity index (χ1v) is 8.35. The maximum Gasteiger partial charge on any atom is 0.0501 e. The quantitative estimate of drug-likeness (QED) is 0.860. The molecule has 0 atom stereocenters. The van der Waals surface area contributed by atoms with E-state index in [2.05, 4.69) is 53.8 Å². The zero-order valence-electron chi connectivity index (χ0n) is 13.5. The van der Waals surface area contributed by atoms with Gasteiger partial charge in [0, 0.05) is 31.7 Å². The van der Waals surface area contributed by atoms with Crippen LogP contribution in [0.15, 0.2) is 54.6 Å². The van der Waals surface area contributed by atoms with E-state index >= 15 is 0 Å². The van der Waals surface area contributed by atoms with Crippen LogP contribution >= 0.6 is 0 Å². The first-order chi connectivity index (χ1) is 11.3. The largest absolute Gasteiger partial charge is 0.396 e. The third-order valence-electron chi connectivity index (χ3n) is 4.75. The van der Waals surface area contributed by atoms with Crippen LogP contribution in [-0.4, -0.2) is 31.5 Å². The van der Waals surface area contributed by atoms with Gasteiger partial charge in [-0.15, -0.1) is 0 Å². The molecule has 0 spiro atoms. The van der Waals surface area contributed by atoms with Gasteiger partial charge in [-0.2, -0.15) is 0 Å². The Labute approximate surface area is 138 Å². The van der Waals surface area contributed by atoms with Crippen LogP contribution in [0, 0.1) is 5.41 Å². The molecule has 122 valence electrons. The van der Waals surface area contributed by atoms with Gasteiger partial charge in [0.1, 0.15) is 0 Å². The topological polar surface area (TPSA) is 41.5 Å². The van der Waals surface area contributed by atoms with Gasteiger partial charge in [-0.05, 0) is 35.6 Å². The van der Waals surface area contributed by atoms with Crippen LogP contribution in [-0.2, 0) is 11.3 Å². The molecule has 2 aromatic rings. The predicted octanol–water partition coefficient (Wildman–Crippen LogP) is 3.23. The zero-order valence-corrected chi connectivity index (χ0v) is 13.5. The highest BCUT2D eigenvalue weighted by Crippen LogP contribution is 2.29. The summed E-state index contributed by atoms with van der Waals surface area (Å²) in [7, 11) is 0. The molecule has 1 saturated heterocycles. The van der Waals surface area contributed by atoms with Crippen LogP contribution < -0.4 is 5.32 Å². The molecule has 0 aliphatic carbocycles. The van der Waals surface area contributed by atoms with Gasteiger partial charge in [0.2, 0.25) is 0 Å². The molecule has 0 bridgehead atoms. The van der Waals surface area contributed by atoms with Crippen molar-refractivity contribution in [3.63, 3.8) is 0 Å². The predicted molar refractivity (Wildman–Crippen MR) is 93.2 cm³/mol. The molecule has 1 fully saturated rings. The van der Waals surface area contributed by atoms with E-state index in [9.17, 15) is 5.11 Å². The van der Waals surface area contributed by atoms with Crippen LogP contribution in [0.2, 0.25) is 0 Å². The van der Waals surface area contributed by atoms with E-state index < -0.39 is 0 Å². The van der Waals surface area contributed by atoms with E-state index in [4.69, 9.17) is 4.74 Å². The molecule has 0 saturated carbocycles. The fourth-order valence-corrected chi connectivity index (χ4v) is 3.16. The van der Waals surface area contributed by atoms with E-state index in [1.807, 2.05) is 6.07 Å². The molecule has 0 radical (unpaired) electrons. The summed E-state index contributed by atoms with van der Waals surface area (Å²) < 4.78 is 5.42. The average molecular weight is 311 g/mol. The van der Waals surface area contributed by atoms with Gasteiger partial charge < -0.3 is 15.2 Å². The normalized spacial score (nSPS) is 17.1. The highest BCUT2D eigenvalue weighted by molar-refractivity contribution is 5.63. The first-order valence-electron chi connectivity index (χ1n) is 8.35. The Balaban J connectivity index is 1.60. The zero-order chi connectivity index (χ0) is 16.0. The Morgan fingerprint density at radius 2 is 1.70 bits per heavy atom. The summed E-state index contributed by atoms with van der Waals surface area (Å²) in [6.07, 6.45) is 1.86. The molecule has 2 aromatic carbocycles. The van der Waals surface area contributed by atoms with Crippen LogP contribution in [0.5, 0.6) is 0 Å². The van der Waals surface area contributed by atoms with Crippen LogP contribution in [0.3, 0.4) is 0 Å².